The number of rotatable bonds is 4. The molecule has 0 fully saturated rings. The van der Waals surface area contributed by atoms with Gasteiger partial charge in [-0.1, -0.05) is 6.07 Å². The molecule has 13 heavy (non-hydrogen) atoms. The van der Waals surface area contributed by atoms with Crippen molar-refractivity contribution in [2.24, 2.45) is 0 Å². The van der Waals surface area contributed by atoms with Gasteiger partial charge in [-0.3, -0.25) is 0 Å². The summed E-state index contributed by atoms with van der Waals surface area (Å²) in [6.07, 6.45) is 0.874. The SMILES string of the molecule is COc1cccc(N(C)CC=O)c1. The van der Waals surface area contributed by atoms with Crippen LogP contribution in [0.2, 0.25) is 0 Å². The summed E-state index contributed by atoms with van der Waals surface area (Å²) in [6, 6.07) is 7.60. The van der Waals surface area contributed by atoms with Gasteiger partial charge < -0.3 is 14.4 Å². The monoisotopic (exact) mass is 179 g/mol. The first-order chi connectivity index (χ1) is 6.27. The molecular formula is C10H13NO2. The number of benzene rings is 1. The van der Waals surface area contributed by atoms with Crippen LogP contribution in [0, 0.1) is 0 Å². The molecule has 1 rings (SSSR count). The molecule has 0 unspecified atom stereocenters. The van der Waals surface area contributed by atoms with Crippen molar-refractivity contribution in [3.8, 4) is 5.75 Å². The Morgan fingerprint density at radius 3 is 2.92 bits per heavy atom. The number of carbonyl (C=O) groups excluding carboxylic acids is 1. The predicted molar refractivity (Wildman–Crippen MR) is 52.3 cm³/mol. The average Bonchev–Trinajstić information content (AvgIpc) is 2.18. The molecule has 0 atom stereocenters. The van der Waals surface area contributed by atoms with Crippen LogP contribution in [0.4, 0.5) is 5.69 Å². The van der Waals surface area contributed by atoms with E-state index in [2.05, 4.69) is 0 Å². The molecule has 0 saturated carbocycles. The number of hydrogen-bond acceptors (Lipinski definition) is 3. The Kier molecular flexibility index (Phi) is 3.31. The van der Waals surface area contributed by atoms with Crippen LogP contribution in [0.3, 0.4) is 0 Å². The van der Waals surface area contributed by atoms with Crippen molar-refractivity contribution >= 4 is 12.0 Å². The molecule has 3 nitrogen and oxygen atoms in total. The highest BCUT2D eigenvalue weighted by molar-refractivity contribution is 5.61. The molecule has 70 valence electrons. The standard InChI is InChI=1S/C10H13NO2/c1-11(6-7-12)9-4-3-5-10(8-9)13-2/h3-5,7-8H,6H2,1-2H3. The molecule has 0 heterocycles. The molecule has 0 spiro atoms. The first kappa shape index (κ1) is 9.58. The van der Waals surface area contributed by atoms with E-state index in [4.69, 9.17) is 4.74 Å². The topological polar surface area (TPSA) is 29.5 Å². The van der Waals surface area contributed by atoms with E-state index < -0.39 is 0 Å². The molecule has 1 aromatic carbocycles. The van der Waals surface area contributed by atoms with Gasteiger partial charge in [0.2, 0.25) is 0 Å². The quantitative estimate of drug-likeness (QED) is 0.653. The summed E-state index contributed by atoms with van der Waals surface area (Å²) in [5.41, 5.74) is 0.978. The highest BCUT2D eigenvalue weighted by Gasteiger charge is 2.00. The van der Waals surface area contributed by atoms with Crippen LogP contribution in [0.1, 0.15) is 0 Å². The number of hydrogen-bond donors (Lipinski definition) is 0. The summed E-state index contributed by atoms with van der Waals surface area (Å²) in [5.74, 6) is 0.801. The second-order valence-corrected chi connectivity index (χ2v) is 2.75. The lowest BCUT2D eigenvalue weighted by Gasteiger charge is -2.16. The van der Waals surface area contributed by atoms with Crippen LogP contribution in [-0.2, 0) is 4.79 Å². The number of nitrogens with zero attached hydrogens (tertiary/aromatic N) is 1. The molecule has 0 saturated heterocycles. The average molecular weight is 179 g/mol. The van der Waals surface area contributed by atoms with Gasteiger partial charge in [0.05, 0.1) is 13.7 Å². The second-order valence-electron chi connectivity index (χ2n) is 2.75. The number of anilines is 1. The Bertz CT molecular complexity index is 286. The van der Waals surface area contributed by atoms with E-state index in [1.54, 1.807) is 7.11 Å². The summed E-state index contributed by atoms with van der Waals surface area (Å²) >= 11 is 0. The van der Waals surface area contributed by atoms with Gasteiger partial charge in [-0.25, -0.2) is 0 Å². The summed E-state index contributed by atoms with van der Waals surface area (Å²) in [6.45, 7) is 0.396. The van der Waals surface area contributed by atoms with Crippen molar-refractivity contribution < 1.29 is 9.53 Å². The first-order valence-electron chi connectivity index (χ1n) is 4.06. The Morgan fingerprint density at radius 2 is 2.31 bits per heavy atom. The highest BCUT2D eigenvalue weighted by atomic mass is 16.5. The number of aldehydes is 1. The third-order valence-corrected chi connectivity index (χ3v) is 1.84. The Labute approximate surface area is 77.9 Å². The molecule has 0 aliphatic carbocycles. The van der Waals surface area contributed by atoms with Gasteiger partial charge in [0, 0.05) is 18.8 Å². The van der Waals surface area contributed by atoms with E-state index >= 15 is 0 Å². The van der Waals surface area contributed by atoms with Crippen LogP contribution < -0.4 is 9.64 Å². The minimum absolute atomic E-state index is 0.396. The molecule has 0 aliphatic heterocycles. The molecule has 0 aliphatic rings. The maximum Gasteiger partial charge on any atom is 0.139 e. The third-order valence-electron chi connectivity index (χ3n) is 1.84. The fraction of sp³-hybridized carbons (Fsp3) is 0.300. The van der Waals surface area contributed by atoms with Crippen LogP contribution in [0.25, 0.3) is 0 Å². The van der Waals surface area contributed by atoms with Gasteiger partial charge in [-0.2, -0.15) is 0 Å². The van der Waals surface area contributed by atoms with Crippen molar-refractivity contribution in [3.05, 3.63) is 24.3 Å². The van der Waals surface area contributed by atoms with Gasteiger partial charge >= 0.3 is 0 Å². The van der Waals surface area contributed by atoms with E-state index in [0.29, 0.717) is 6.54 Å². The zero-order valence-corrected chi connectivity index (χ0v) is 7.86. The van der Waals surface area contributed by atoms with E-state index in [-0.39, 0.29) is 0 Å². The van der Waals surface area contributed by atoms with E-state index in [1.807, 2.05) is 36.2 Å². The predicted octanol–water partition coefficient (Wildman–Crippen LogP) is 1.33. The molecule has 0 bridgehead atoms. The van der Waals surface area contributed by atoms with Crippen molar-refractivity contribution in [3.63, 3.8) is 0 Å². The molecule has 1 aromatic rings. The van der Waals surface area contributed by atoms with Crippen molar-refractivity contribution in [1.82, 2.24) is 0 Å². The highest BCUT2D eigenvalue weighted by Crippen LogP contribution is 2.19. The zero-order chi connectivity index (χ0) is 9.68. The van der Waals surface area contributed by atoms with Crippen LogP contribution >= 0.6 is 0 Å². The summed E-state index contributed by atoms with van der Waals surface area (Å²) in [4.78, 5) is 12.1. The third kappa shape index (κ3) is 2.47. The molecule has 0 radical (unpaired) electrons. The van der Waals surface area contributed by atoms with Crippen LogP contribution in [0.15, 0.2) is 24.3 Å². The van der Waals surface area contributed by atoms with Gasteiger partial charge in [0.1, 0.15) is 12.0 Å². The maximum atomic E-state index is 10.3. The summed E-state index contributed by atoms with van der Waals surface area (Å²) in [7, 11) is 3.49. The van der Waals surface area contributed by atoms with Crippen molar-refractivity contribution in [2.75, 3.05) is 25.6 Å². The molecule has 0 aromatic heterocycles. The minimum atomic E-state index is 0.396. The van der Waals surface area contributed by atoms with Gasteiger partial charge in [0.15, 0.2) is 0 Å². The lowest BCUT2D eigenvalue weighted by Crippen LogP contribution is -2.19. The van der Waals surface area contributed by atoms with Gasteiger partial charge in [0.25, 0.3) is 0 Å². The smallest absolute Gasteiger partial charge is 0.139 e. The molecule has 0 N–H and O–H groups in total. The molecular weight excluding hydrogens is 166 g/mol. The van der Waals surface area contributed by atoms with Crippen molar-refractivity contribution in [1.29, 1.82) is 0 Å². The number of ether oxygens (including phenoxy) is 1. The van der Waals surface area contributed by atoms with Crippen LogP contribution in [-0.4, -0.2) is 27.0 Å². The van der Waals surface area contributed by atoms with Gasteiger partial charge in [-0.15, -0.1) is 0 Å². The van der Waals surface area contributed by atoms with Crippen molar-refractivity contribution in [2.45, 2.75) is 0 Å². The van der Waals surface area contributed by atoms with E-state index in [1.165, 1.54) is 0 Å². The van der Waals surface area contributed by atoms with Gasteiger partial charge in [-0.05, 0) is 12.1 Å². The second kappa shape index (κ2) is 4.50. The Balaban J connectivity index is 2.81. The molecule has 0 amide bonds. The maximum absolute atomic E-state index is 10.3. The lowest BCUT2D eigenvalue weighted by molar-refractivity contribution is -0.106. The largest absolute Gasteiger partial charge is 0.497 e. The van der Waals surface area contributed by atoms with E-state index in [9.17, 15) is 4.79 Å². The zero-order valence-electron chi connectivity index (χ0n) is 7.86. The van der Waals surface area contributed by atoms with E-state index in [0.717, 1.165) is 17.7 Å². The van der Waals surface area contributed by atoms with Crippen LogP contribution in [0.5, 0.6) is 5.75 Å². The lowest BCUT2D eigenvalue weighted by atomic mass is 10.3. The first-order valence-corrected chi connectivity index (χ1v) is 4.06. The molecule has 3 heteroatoms. The fourth-order valence-corrected chi connectivity index (χ4v) is 1.07. The minimum Gasteiger partial charge on any atom is -0.497 e. The number of likely N-dealkylation sites (N-methyl/N-ethyl adjacent to an activating group) is 1. The normalized spacial score (nSPS) is 9.38. The number of carbonyl (C=O) groups is 1. The summed E-state index contributed by atoms with van der Waals surface area (Å²) in [5, 5.41) is 0. The fourth-order valence-electron chi connectivity index (χ4n) is 1.07. The Hall–Kier alpha value is -1.51. The summed E-state index contributed by atoms with van der Waals surface area (Å²) < 4.78 is 5.07. The Morgan fingerprint density at radius 1 is 1.54 bits per heavy atom. The number of methoxy groups -OCH3 is 1.